The first-order valence-corrected chi connectivity index (χ1v) is 6.09. The zero-order valence-corrected chi connectivity index (χ0v) is 10.8. The second-order valence-electron chi connectivity index (χ2n) is 3.90. The number of nitrogens with zero attached hydrogens (tertiary/aromatic N) is 1. The summed E-state index contributed by atoms with van der Waals surface area (Å²) < 4.78 is 4.94. The number of hydrogen-bond acceptors (Lipinski definition) is 3. The van der Waals surface area contributed by atoms with Crippen molar-refractivity contribution in [1.82, 2.24) is 0 Å². The third kappa shape index (κ3) is 4.06. The van der Waals surface area contributed by atoms with Crippen LogP contribution in [-0.4, -0.2) is 12.6 Å². The minimum Gasteiger partial charge on any atom is -0.462 e. The summed E-state index contributed by atoms with van der Waals surface area (Å²) in [7, 11) is 0. The minimum absolute atomic E-state index is 0.0386. The predicted octanol–water partition coefficient (Wildman–Crippen LogP) is 3.11. The number of benzene rings is 1. The molecule has 0 bridgehead atoms. The van der Waals surface area contributed by atoms with Gasteiger partial charge >= 0.3 is 5.97 Å². The van der Waals surface area contributed by atoms with E-state index in [9.17, 15) is 4.79 Å². The first-order chi connectivity index (χ1) is 8.71. The van der Waals surface area contributed by atoms with E-state index in [4.69, 9.17) is 10.00 Å². The molecule has 18 heavy (non-hydrogen) atoms. The minimum atomic E-state index is -0.554. The van der Waals surface area contributed by atoms with Gasteiger partial charge in [0.15, 0.2) is 0 Å². The smallest absolute Gasteiger partial charge is 0.348 e. The molecule has 0 aliphatic carbocycles. The number of aryl methyl sites for hydroxylation is 1. The van der Waals surface area contributed by atoms with Crippen LogP contribution in [0.5, 0.6) is 0 Å². The van der Waals surface area contributed by atoms with Gasteiger partial charge in [-0.05, 0) is 30.0 Å². The molecule has 0 saturated carbocycles. The van der Waals surface area contributed by atoms with Crippen molar-refractivity contribution in [3.05, 3.63) is 41.0 Å². The van der Waals surface area contributed by atoms with Crippen molar-refractivity contribution in [2.45, 2.75) is 26.7 Å². The molecule has 0 unspecified atom stereocenters. The first kappa shape index (κ1) is 14.0. The Kier molecular flexibility index (Phi) is 5.66. The third-order valence-electron chi connectivity index (χ3n) is 2.45. The van der Waals surface area contributed by atoms with Crippen molar-refractivity contribution in [2.75, 3.05) is 6.61 Å². The largest absolute Gasteiger partial charge is 0.462 e. The predicted molar refractivity (Wildman–Crippen MR) is 70.7 cm³/mol. The Hall–Kier alpha value is -2.08. The maximum Gasteiger partial charge on any atom is 0.348 e. The number of rotatable bonds is 5. The number of carbonyl (C=O) groups excluding carboxylic acids is 1. The topological polar surface area (TPSA) is 50.1 Å². The molecule has 0 saturated heterocycles. The van der Waals surface area contributed by atoms with Crippen LogP contribution in [0.15, 0.2) is 29.8 Å². The van der Waals surface area contributed by atoms with Gasteiger partial charge in [-0.15, -0.1) is 0 Å². The van der Waals surface area contributed by atoms with Crippen molar-refractivity contribution in [1.29, 1.82) is 5.26 Å². The molecule has 0 aliphatic rings. The molecule has 0 aromatic heterocycles. The highest BCUT2D eigenvalue weighted by Gasteiger charge is 2.09. The monoisotopic (exact) mass is 243 g/mol. The highest BCUT2D eigenvalue weighted by atomic mass is 16.5. The summed E-state index contributed by atoms with van der Waals surface area (Å²) in [6, 6.07) is 9.64. The van der Waals surface area contributed by atoms with E-state index < -0.39 is 5.97 Å². The molecular formula is C15H17NO2. The van der Waals surface area contributed by atoms with E-state index in [1.165, 1.54) is 5.56 Å². The highest BCUT2D eigenvalue weighted by Crippen LogP contribution is 2.11. The lowest BCUT2D eigenvalue weighted by Crippen LogP contribution is -2.07. The molecule has 0 amide bonds. The Morgan fingerprint density at radius 2 is 2.22 bits per heavy atom. The van der Waals surface area contributed by atoms with Crippen molar-refractivity contribution in [2.24, 2.45) is 0 Å². The summed E-state index contributed by atoms with van der Waals surface area (Å²) in [5.41, 5.74) is 2.05. The highest BCUT2D eigenvalue weighted by molar-refractivity contribution is 5.97. The summed E-state index contributed by atoms with van der Waals surface area (Å²) >= 11 is 0. The normalized spacial score (nSPS) is 10.8. The fraction of sp³-hybridized carbons (Fsp3) is 0.333. The number of hydrogen-bond donors (Lipinski definition) is 0. The van der Waals surface area contributed by atoms with Crippen molar-refractivity contribution in [3.8, 4) is 6.07 Å². The van der Waals surface area contributed by atoms with Gasteiger partial charge in [0.25, 0.3) is 0 Å². The van der Waals surface area contributed by atoms with Crippen LogP contribution in [-0.2, 0) is 16.0 Å². The zero-order valence-electron chi connectivity index (χ0n) is 10.8. The Labute approximate surface area is 108 Å². The molecule has 1 aromatic rings. The average Bonchev–Trinajstić information content (AvgIpc) is 2.42. The molecule has 0 atom stereocenters. The van der Waals surface area contributed by atoms with Crippen LogP contribution in [0, 0.1) is 11.3 Å². The summed E-state index contributed by atoms with van der Waals surface area (Å²) in [6.07, 6.45) is 3.23. The maximum absolute atomic E-state index is 11.6. The number of ether oxygens (including phenoxy) is 1. The molecule has 3 heteroatoms. The maximum atomic E-state index is 11.6. The summed E-state index contributed by atoms with van der Waals surface area (Å²) in [5, 5.41) is 8.96. The Balaban J connectivity index is 2.90. The Morgan fingerprint density at radius 1 is 1.44 bits per heavy atom. The van der Waals surface area contributed by atoms with Gasteiger partial charge in [-0.3, -0.25) is 0 Å². The number of esters is 1. The van der Waals surface area contributed by atoms with E-state index in [0.717, 1.165) is 18.4 Å². The molecule has 1 rings (SSSR count). The molecule has 0 heterocycles. The van der Waals surface area contributed by atoms with Gasteiger partial charge in [0.05, 0.1) is 6.61 Å². The van der Waals surface area contributed by atoms with Crippen LogP contribution in [0.3, 0.4) is 0 Å². The van der Waals surface area contributed by atoms with E-state index in [1.807, 2.05) is 37.3 Å². The lowest BCUT2D eigenvalue weighted by Gasteiger charge is -2.02. The molecule has 0 radical (unpaired) electrons. The van der Waals surface area contributed by atoms with Gasteiger partial charge in [0.2, 0.25) is 0 Å². The van der Waals surface area contributed by atoms with Crippen LogP contribution in [0.2, 0.25) is 0 Å². The molecule has 0 spiro atoms. The summed E-state index contributed by atoms with van der Waals surface area (Å²) in [5.74, 6) is -0.554. The van der Waals surface area contributed by atoms with E-state index >= 15 is 0 Å². The molecule has 3 nitrogen and oxygen atoms in total. The van der Waals surface area contributed by atoms with Gasteiger partial charge in [-0.2, -0.15) is 5.26 Å². The van der Waals surface area contributed by atoms with Crippen LogP contribution in [0.1, 0.15) is 31.4 Å². The SMILES string of the molecule is CCCOC(=O)/C(C#N)=C/c1cccc(CC)c1. The van der Waals surface area contributed by atoms with Crippen LogP contribution >= 0.6 is 0 Å². The quantitative estimate of drug-likeness (QED) is 0.453. The van der Waals surface area contributed by atoms with E-state index in [0.29, 0.717) is 6.61 Å². The number of nitriles is 1. The van der Waals surface area contributed by atoms with E-state index in [-0.39, 0.29) is 5.57 Å². The van der Waals surface area contributed by atoms with Gasteiger partial charge in [-0.25, -0.2) is 4.79 Å². The van der Waals surface area contributed by atoms with Crippen molar-refractivity contribution in [3.63, 3.8) is 0 Å². The Morgan fingerprint density at radius 3 is 2.83 bits per heavy atom. The molecular weight excluding hydrogens is 226 g/mol. The second kappa shape index (κ2) is 7.29. The van der Waals surface area contributed by atoms with Crippen molar-refractivity contribution >= 4 is 12.0 Å². The summed E-state index contributed by atoms with van der Waals surface area (Å²) in [4.78, 5) is 11.6. The van der Waals surface area contributed by atoms with E-state index in [2.05, 4.69) is 6.92 Å². The molecule has 1 aromatic carbocycles. The van der Waals surface area contributed by atoms with E-state index in [1.54, 1.807) is 6.08 Å². The van der Waals surface area contributed by atoms with Gasteiger partial charge in [-0.1, -0.05) is 38.1 Å². The molecule has 0 fully saturated rings. The first-order valence-electron chi connectivity index (χ1n) is 6.09. The third-order valence-corrected chi connectivity index (χ3v) is 2.45. The summed E-state index contributed by atoms with van der Waals surface area (Å²) in [6.45, 7) is 4.31. The second-order valence-corrected chi connectivity index (χ2v) is 3.90. The molecule has 0 N–H and O–H groups in total. The average molecular weight is 243 g/mol. The van der Waals surface area contributed by atoms with Gasteiger partial charge in [0.1, 0.15) is 11.6 Å². The van der Waals surface area contributed by atoms with Gasteiger partial charge in [0, 0.05) is 0 Å². The van der Waals surface area contributed by atoms with Crippen molar-refractivity contribution < 1.29 is 9.53 Å². The number of carbonyl (C=O) groups is 1. The standard InChI is InChI=1S/C15H17NO2/c1-3-8-18-15(17)14(11-16)10-13-7-5-6-12(4-2)9-13/h5-7,9-10H,3-4,8H2,1-2H3/b14-10+. The molecule has 94 valence electrons. The van der Waals surface area contributed by atoms with Gasteiger partial charge < -0.3 is 4.74 Å². The van der Waals surface area contributed by atoms with Crippen LogP contribution in [0.25, 0.3) is 6.08 Å². The lowest BCUT2D eigenvalue weighted by atomic mass is 10.1. The van der Waals surface area contributed by atoms with Crippen LogP contribution in [0.4, 0.5) is 0 Å². The van der Waals surface area contributed by atoms with Crippen LogP contribution < -0.4 is 0 Å². The lowest BCUT2D eigenvalue weighted by molar-refractivity contribution is -0.138. The fourth-order valence-corrected chi connectivity index (χ4v) is 1.48. The molecule has 0 aliphatic heterocycles. The Bertz CT molecular complexity index is 484. The zero-order chi connectivity index (χ0) is 13.4. The fourth-order valence-electron chi connectivity index (χ4n) is 1.48.